The summed E-state index contributed by atoms with van der Waals surface area (Å²) in [5.41, 5.74) is 1.15. The molecule has 3 rings (SSSR count). The molecule has 118 valence electrons. The van der Waals surface area contributed by atoms with Gasteiger partial charge in [-0.25, -0.2) is 0 Å². The molecule has 0 aliphatic rings. The Morgan fingerprint density at radius 3 is 2.39 bits per heavy atom. The summed E-state index contributed by atoms with van der Waals surface area (Å²) in [6.45, 7) is 2.00. The Morgan fingerprint density at radius 1 is 1.00 bits per heavy atom. The number of rotatable bonds is 4. The van der Waals surface area contributed by atoms with Crippen LogP contribution < -0.4 is 4.18 Å². The summed E-state index contributed by atoms with van der Waals surface area (Å²) in [5, 5.41) is 1.46. The highest BCUT2D eigenvalue weighted by Gasteiger charge is 2.14. The zero-order chi connectivity index (χ0) is 16.4. The molecule has 23 heavy (non-hydrogen) atoms. The predicted octanol–water partition coefficient (Wildman–Crippen LogP) is 4.48. The normalized spacial score (nSPS) is 11.6. The minimum absolute atomic E-state index is 0.185. The number of benzene rings is 3. The predicted molar refractivity (Wildman–Crippen MR) is 91.4 cm³/mol. The molecule has 0 bridgehead atoms. The molecule has 0 fully saturated rings. The molecule has 4 nitrogen and oxygen atoms in total. The van der Waals surface area contributed by atoms with Crippen molar-refractivity contribution in [1.29, 1.82) is 0 Å². The molecule has 6 heteroatoms. The van der Waals surface area contributed by atoms with Crippen molar-refractivity contribution in [3.63, 3.8) is 0 Å². The lowest BCUT2D eigenvalue weighted by Crippen LogP contribution is -1.98. The quantitative estimate of drug-likeness (QED) is 0.557. The maximum absolute atomic E-state index is 11.4. The summed E-state index contributed by atoms with van der Waals surface area (Å²) >= 11 is 1.14. The highest BCUT2D eigenvalue weighted by molar-refractivity contribution is 7.95. The third-order valence-corrected chi connectivity index (χ3v) is 4.90. The first kappa shape index (κ1) is 15.9. The van der Waals surface area contributed by atoms with Crippen LogP contribution >= 0.6 is 12.0 Å². The fourth-order valence-electron chi connectivity index (χ4n) is 2.15. The van der Waals surface area contributed by atoms with Gasteiger partial charge in [-0.05, 0) is 30.5 Å². The van der Waals surface area contributed by atoms with Crippen molar-refractivity contribution in [1.82, 2.24) is 0 Å². The molecule has 3 aromatic carbocycles. The summed E-state index contributed by atoms with van der Waals surface area (Å²) in [6, 6.07) is 17.8. The minimum Gasteiger partial charge on any atom is -0.420 e. The molecule has 0 spiro atoms. The Bertz CT molecular complexity index is 948. The van der Waals surface area contributed by atoms with Gasteiger partial charge in [0.05, 0.1) is 16.9 Å². The van der Waals surface area contributed by atoms with E-state index in [-0.39, 0.29) is 4.90 Å². The van der Waals surface area contributed by atoms with Crippen LogP contribution in [0.25, 0.3) is 10.8 Å². The molecule has 0 unspecified atom stereocenters. The van der Waals surface area contributed by atoms with Gasteiger partial charge in [-0.15, -0.1) is 0 Å². The van der Waals surface area contributed by atoms with Crippen LogP contribution in [-0.4, -0.2) is 13.0 Å². The zero-order valence-electron chi connectivity index (χ0n) is 12.3. The second kappa shape index (κ2) is 6.23. The number of hydrogen-bond donors (Lipinski definition) is 1. The van der Waals surface area contributed by atoms with Crippen LogP contribution in [-0.2, 0) is 10.1 Å². The fraction of sp³-hybridized carbons (Fsp3) is 0.0588. The minimum atomic E-state index is -4.29. The second-order valence-corrected chi connectivity index (χ2v) is 7.32. The smallest absolute Gasteiger partial charge is 0.294 e. The van der Waals surface area contributed by atoms with Crippen LogP contribution in [0.15, 0.2) is 70.5 Å². The van der Waals surface area contributed by atoms with E-state index in [1.165, 1.54) is 12.1 Å². The Kier molecular flexibility index (Phi) is 4.30. The average molecular weight is 346 g/mol. The largest absolute Gasteiger partial charge is 0.420 e. The SMILES string of the molecule is Cc1ccc(SOc2cc(S(=O)(=O)O)cc3ccccc23)cc1. The first-order valence-corrected chi connectivity index (χ1v) is 9.03. The molecule has 0 heterocycles. The van der Waals surface area contributed by atoms with Crippen LogP contribution in [0.3, 0.4) is 0 Å². The summed E-state index contributed by atoms with van der Waals surface area (Å²) < 4.78 is 37.9. The van der Waals surface area contributed by atoms with E-state index < -0.39 is 10.1 Å². The lowest BCUT2D eigenvalue weighted by atomic mass is 10.1. The van der Waals surface area contributed by atoms with Crippen molar-refractivity contribution in [3.05, 3.63) is 66.2 Å². The number of hydrogen-bond acceptors (Lipinski definition) is 4. The van der Waals surface area contributed by atoms with Gasteiger partial charge < -0.3 is 4.18 Å². The van der Waals surface area contributed by atoms with Crippen molar-refractivity contribution < 1.29 is 17.2 Å². The van der Waals surface area contributed by atoms with Crippen LogP contribution in [0.5, 0.6) is 5.75 Å². The Hall–Kier alpha value is -2.02. The lowest BCUT2D eigenvalue weighted by molar-refractivity contribution is 0.482. The monoisotopic (exact) mass is 346 g/mol. The van der Waals surface area contributed by atoms with E-state index in [9.17, 15) is 13.0 Å². The highest BCUT2D eigenvalue weighted by Crippen LogP contribution is 2.33. The molecule has 0 saturated heterocycles. The van der Waals surface area contributed by atoms with Gasteiger partial charge in [-0.2, -0.15) is 8.42 Å². The van der Waals surface area contributed by atoms with Gasteiger partial charge in [-0.1, -0.05) is 42.0 Å². The molecular formula is C17H14O4S2. The van der Waals surface area contributed by atoms with Crippen molar-refractivity contribution in [2.45, 2.75) is 16.7 Å². The summed E-state index contributed by atoms with van der Waals surface area (Å²) in [5.74, 6) is 0.390. The van der Waals surface area contributed by atoms with Gasteiger partial charge in [0, 0.05) is 16.3 Å². The first-order chi connectivity index (χ1) is 10.9. The number of fused-ring (bicyclic) bond motifs is 1. The zero-order valence-corrected chi connectivity index (χ0v) is 13.9. The maximum atomic E-state index is 11.4. The molecule has 0 amide bonds. The van der Waals surface area contributed by atoms with Crippen LogP contribution in [0, 0.1) is 6.92 Å². The highest BCUT2D eigenvalue weighted by atomic mass is 32.2. The molecule has 0 saturated carbocycles. The van der Waals surface area contributed by atoms with Gasteiger partial charge in [0.25, 0.3) is 10.1 Å². The van der Waals surface area contributed by atoms with E-state index in [2.05, 4.69) is 0 Å². The van der Waals surface area contributed by atoms with Crippen molar-refractivity contribution in [2.24, 2.45) is 0 Å². The average Bonchev–Trinajstić information content (AvgIpc) is 2.53. The van der Waals surface area contributed by atoms with E-state index in [1.807, 2.05) is 43.3 Å². The topological polar surface area (TPSA) is 63.6 Å². The van der Waals surface area contributed by atoms with Gasteiger partial charge in [-0.3, -0.25) is 4.55 Å². The van der Waals surface area contributed by atoms with Crippen molar-refractivity contribution in [3.8, 4) is 5.75 Å². The van der Waals surface area contributed by atoms with E-state index in [0.717, 1.165) is 27.9 Å². The fourth-order valence-corrected chi connectivity index (χ4v) is 3.26. The van der Waals surface area contributed by atoms with E-state index in [4.69, 9.17) is 4.18 Å². The van der Waals surface area contributed by atoms with E-state index in [0.29, 0.717) is 11.1 Å². The van der Waals surface area contributed by atoms with E-state index in [1.54, 1.807) is 12.1 Å². The van der Waals surface area contributed by atoms with Gasteiger partial charge in [0.1, 0.15) is 5.75 Å². The maximum Gasteiger partial charge on any atom is 0.294 e. The molecule has 0 radical (unpaired) electrons. The van der Waals surface area contributed by atoms with Gasteiger partial charge >= 0.3 is 0 Å². The van der Waals surface area contributed by atoms with Crippen molar-refractivity contribution in [2.75, 3.05) is 0 Å². The molecule has 1 N–H and O–H groups in total. The third-order valence-electron chi connectivity index (χ3n) is 3.34. The van der Waals surface area contributed by atoms with Gasteiger partial charge in [0.15, 0.2) is 0 Å². The Morgan fingerprint density at radius 2 is 1.70 bits per heavy atom. The molecule has 0 aliphatic carbocycles. The summed E-state index contributed by atoms with van der Waals surface area (Å²) in [7, 11) is -4.29. The lowest BCUT2D eigenvalue weighted by Gasteiger charge is -2.09. The van der Waals surface area contributed by atoms with Crippen LogP contribution in [0.4, 0.5) is 0 Å². The molecule has 0 atom stereocenters. The Balaban J connectivity index is 1.99. The van der Waals surface area contributed by atoms with E-state index >= 15 is 0 Å². The summed E-state index contributed by atoms with van der Waals surface area (Å²) in [4.78, 5) is 0.715. The number of aryl methyl sites for hydroxylation is 1. The first-order valence-electron chi connectivity index (χ1n) is 6.85. The molecular weight excluding hydrogens is 332 g/mol. The molecule has 3 aromatic rings. The standard InChI is InChI=1S/C17H14O4S2/c1-12-6-8-14(9-7-12)22-21-17-11-15(23(18,19)20)10-13-4-2-3-5-16(13)17/h2-11H,1H3,(H,18,19,20). The second-order valence-electron chi connectivity index (χ2n) is 5.10. The van der Waals surface area contributed by atoms with Crippen LogP contribution in [0.2, 0.25) is 0 Å². The summed E-state index contributed by atoms with van der Waals surface area (Å²) in [6.07, 6.45) is 0. The molecule has 0 aliphatic heterocycles. The Labute approximate surface area is 139 Å². The van der Waals surface area contributed by atoms with Crippen LogP contribution in [0.1, 0.15) is 5.56 Å². The molecule has 0 aromatic heterocycles. The van der Waals surface area contributed by atoms with Crippen molar-refractivity contribution >= 4 is 32.9 Å². The third kappa shape index (κ3) is 3.67. The van der Waals surface area contributed by atoms with Gasteiger partial charge in [0.2, 0.25) is 0 Å².